The average molecular weight is 262 g/mol. The van der Waals surface area contributed by atoms with Crippen molar-refractivity contribution in [3.63, 3.8) is 0 Å². The van der Waals surface area contributed by atoms with Crippen LogP contribution in [0, 0.1) is 0 Å². The molecule has 0 unspecified atom stereocenters. The third-order valence-electron chi connectivity index (χ3n) is 1.62. The standard InChI is InChI=1S/C7H16F2N2O4S/c1-15-5-2-10-16(13,14)11(3-4-12)6-7(8)9/h7,10,12H,2-6H2,1H3. The predicted molar refractivity (Wildman–Crippen MR) is 53.5 cm³/mol. The summed E-state index contributed by atoms with van der Waals surface area (Å²) in [4.78, 5) is 0. The van der Waals surface area contributed by atoms with Gasteiger partial charge in [-0.05, 0) is 0 Å². The summed E-state index contributed by atoms with van der Waals surface area (Å²) in [6, 6.07) is 0. The maximum absolute atomic E-state index is 12.1. The van der Waals surface area contributed by atoms with Crippen LogP contribution in [0.15, 0.2) is 0 Å². The Morgan fingerprint density at radius 2 is 2.12 bits per heavy atom. The number of nitrogens with zero attached hydrogens (tertiary/aromatic N) is 1. The van der Waals surface area contributed by atoms with Crippen molar-refractivity contribution < 1.29 is 27.0 Å². The molecule has 0 amide bonds. The lowest BCUT2D eigenvalue weighted by molar-refractivity contribution is 0.112. The normalized spacial score (nSPS) is 12.6. The van der Waals surface area contributed by atoms with Gasteiger partial charge < -0.3 is 9.84 Å². The van der Waals surface area contributed by atoms with E-state index in [1.807, 2.05) is 0 Å². The van der Waals surface area contributed by atoms with Crippen molar-refractivity contribution in [1.82, 2.24) is 9.03 Å². The Kier molecular flexibility index (Phi) is 7.68. The fourth-order valence-corrected chi connectivity index (χ4v) is 2.09. The van der Waals surface area contributed by atoms with E-state index in [4.69, 9.17) is 5.11 Å². The highest BCUT2D eigenvalue weighted by Crippen LogP contribution is 2.03. The number of halogens is 2. The van der Waals surface area contributed by atoms with Crippen LogP contribution < -0.4 is 4.72 Å². The van der Waals surface area contributed by atoms with E-state index in [0.29, 0.717) is 4.31 Å². The SMILES string of the molecule is COCCNS(=O)(=O)N(CCO)CC(F)F. The molecule has 0 aromatic rings. The van der Waals surface area contributed by atoms with Crippen molar-refractivity contribution in [1.29, 1.82) is 0 Å². The van der Waals surface area contributed by atoms with Gasteiger partial charge in [0.2, 0.25) is 0 Å². The van der Waals surface area contributed by atoms with E-state index >= 15 is 0 Å². The monoisotopic (exact) mass is 262 g/mol. The van der Waals surface area contributed by atoms with Gasteiger partial charge in [0.1, 0.15) is 0 Å². The van der Waals surface area contributed by atoms with Gasteiger partial charge in [-0.3, -0.25) is 0 Å². The molecule has 2 N–H and O–H groups in total. The fraction of sp³-hybridized carbons (Fsp3) is 1.00. The molecule has 0 radical (unpaired) electrons. The van der Waals surface area contributed by atoms with Crippen LogP contribution in [0.4, 0.5) is 8.78 Å². The van der Waals surface area contributed by atoms with Crippen molar-refractivity contribution in [3.05, 3.63) is 0 Å². The largest absolute Gasteiger partial charge is 0.395 e. The van der Waals surface area contributed by atoms with E-state index in [9.17, 15) is 17.2 Å². The third kappa shape index (κ3) is 6.28. The van der Waals surface area contributed by atoms with Gasteiger partial charge in [-0.2, -0.15) is 17.4 Å². The van der Waals surface area contributed by atoms with Crippen LogP contribution in [0.25, 0.3) is 0 Å². The first-order valence-electron chi connectivity index (χ1n) is 4.56. The summed E-state index contributed by atoms with van der Waals surface area (Å²) in [5.41, 5.74) is 0. The topological polar surface area (TPSA) is 78.9 Å². The summed E-state index contributed by atoms with van der Waals surface area (Å²) in [6.07, 6.45) is -2.79. The molecule has 0 saturated carbocycles. The van der Waals surface area contributed by atoms with E-state index in [-0.39, 0.29) is 19.7 Å². The Hall–Kier alpha value is -0.350. The van der Waals surface area contributed by atoms with Gasteiger partial charge in [0.05, 0.1) is 19.8 Å². The van der Waals surface area contributed by atoms with Gasteiger partial charge in [-0.25, -0.2) is 8.78 Å². The van der Waals surface area contributed by atoms with Gasteiger partial charge in [-0.15, -0.1) is 0 Å². The molecule has 0 bridgehead atoms. The van der Waals surface area contributed by atoms with Gasteiger partial charge in [0.15, 0.2) is 0 Å². The van der Waals surface area contributed by atoms with Gasteiger partial charge in [0.25, 0.3) is 16.6 Å². The lowest BCUT2D eigenvalue weighted by Gasteiger charge is -2.20. The van der Waals surface area contributed by atoms with Gasteiger partial charge in [0, 0.05) is 20.2 Å². The number of methoxy groups -OCH3 is 1. The Bertz CT molecular complexity index is 274. The Morgan fingerprint density at radius 1 is 1.50 bits per heavy atom. The van der Waals surface area contributed by atoms with Crippen molar-refractivity contribution in [2.24, 2.45) is 0 Å². The van der Waals surface area contributed by atoms with Crippen LogP contribution in [-0.2, 0) is 14.9 Å². The highest BCUT2D eigenvalue weighted by atomic mass is 32.2. The number of nitrogens with one attached hydrogen (secondary N) is 1. The third-order valence-corrected chi connectivity index (χ3v) is 3.20. The summed E-state index contributed by atoms with van der Waals surface area (Å²) in [5, 5.41) is 8.58. The van der Waals surface area contributed by atoms with E-state index in [1.165, 1.54) is 7.11 Å². The minimum Gasteiger partial charge on any atom is -0.395 e. The van der Waals surface area contributed by atoms with E-state index in [1.54, 1.807) is 0 Å². The Balaban J connectivity index is 4.37. The minimum absolute atomic E-state index is 0.00992. The molecule has 0 saturated heterocycles. The second-order valence-corrected chi connectivity index (χ2v) is 4.62. The molecule has 0 heterocycles. The van der Waals surface area contributed by atoms with Crippen LogP contribution in [0.3, 0.4) is 0 Å². The first-order valence-corrected chi connectivity index (χ1v) is 6.00. The summed E-state index contributed by atoms with van der Waals surface area (Å²) in [6.45, 7) is -1.70. The maximum Gasteiger partial charge on any atom is 0.279 e. The van der Waals surface area contributed by atoms with Crippen LogP contribution in [0.1, 0.15) is 0 Å². The number of ether oxygens (including phenoxy) is 1. The van der Waals surface area contributed by atoms with Crippen LogP contribution >= 0.6 is 0 Å². The van der Waals surface area contributed by atoms with Crippen molar-refractivity contribution in [2.75, 3.05) is 40.0 Å². The molecule has 0 aromatic heterocycles. The first kappa shape index (κ1) is 15.7. The number of hydrogen-bond acceptors (Lipinski definition) is 4. The van der Waals surface area contributed by atoms with Crippen LogP contribution in [0.2, 0.25) is 0 Å². The summed E-state index contributed by atoms with van der Waals surface area (Å²) < 4.78 is 54.3. The van der Waals surface area contributed by atoms with E-state index in [0.717, 1.165) is 0 Å². The van der Waals surface area contributed by atoms with Crippen molar-refractivity contribution in [2.45, 2.75) is 6.43 Å². The van der Waals surface area contributed by atoms with Crippen LogP contribution in [-0.4, -0.2) is 64.2 Å². The highest BCUT2D eigenvalue weighted by molar-refractivity contribution is 7.87. The molecule has 0 aliphatic carbocycles. The zero-order valence-corrected chi connectivity index (χ0v) is 9.71. The lowest BCUT2D eigenvalue weighted by Crippen LogP contribution is -2.45. The Labute approximate surface area is 93.4 Å². The smallest absolute Gasteiger partial charge is 0.279 e. The maximum atomic E-state index is 12.1. The molecule has 16 heavy (non-hydrogen) atoms. The second kappa shape index (κ2) is 7.85. The lowest BCUT2D eigenvalue weighted by atomic mass is 10.6. The molecule has 9 heteroatoms. The van der Waals surface area contributed by atoms with E-state index < -0.39 is 29.8 Å². The molecular formula is C7H16F2N2O4S. The average Bonchev–Trinajstić information content (AvgIpc) is 2.16. The fourth-order valence-electron chi connectivity index (χ4n) is 0.939. The summed E-state index contributed by atoms with van der Waals surface area (Å²) in [7, 11) is -2.60. The molecule has 98 valence electrons. The highest BCUT2D eigenvalue weighted by Gasteiger charge is 2.24. The zero-order valence-electron chi connectivity index (χ0n) is 8.90. The van der Waals surface area contributed by atoms with Gasteiger partial charge >= 0.3 is 0 Å². The molecule has 6 nitrogen and oxygen atoms in total. The number of alkyl halides is 2. The molecule has 0 aromatic carbocycles. The number of aliphatic hydroxyl groups is 1. The molecule has 0 spiro atoms. The van der Waals surface area contributed by atoms with E-state index in [2.05, 4.69) is 9.46 Å². The predicted octanol–water partition coefficient (Wildman–Crippen LogP) is -0.973. The van der Waals surface area contributed by atoms with Crippen molar-refractivity contribution in [3.8, 4) is 0 Å². The zero-order chi connectivity index (χ0) is 12.6. The number of rotatable bonds is 9. The minimum atomic E-state index is -3.99. The quantitative estimate of drug-likeness (QED) is 0.524. The van der Waals surface area contributed by atoms with Crippen LogP contribution in [0.5, 0.6) is 0 Å². The summed E-state index contributed by atoms with van der Waals surface area (Å²) >= 11 is 0. The molecule has 0 aliphatic heterocycles. The van der Waals surface area contributed by atoms with Crippen molar-refractivity contribution >= 4 is 10.2 Å². The molecule has 0 atom stereocenters. The Morgan fingerprint density at radius 3 is 2.56 bits per heavy atom. The second-order valence-electron chi connectivity index (χ2n) is 2.86. The summed E-state index contributed by atoms with van der Waals surface area (Å²) in [5.74, 6) is 0. The molecule has 0 aliphatic rings. The molecule has 0 fully saturated rings. The number of hydrogen-bond donors (Lipinski definition) is 2. The first-order chi connectivity index (χ1) is 7.44. The molecule has 0 rings (SSSR count). The molecular weight excluding hydrogens is 246 g/mol. The van der Waals surface area contributed by atoms with Gasteiger partial charge in [-0.1, -0.05) is 0 Å². The number of aliphatic hydroxyl groups excluding tert-OH is 1.